The lowest BCUT2D eigenvalue weighted by Crippen LogP contribution is -2.28. The molecule has 6 heteroatoms. The normalized spacial score (nSPS) is 10.2. The summed E-state index contributed by atoms with van der Waals surface area (Å²) >= 11 is 11.8. The summed E-state index contributed by atoms with van der Waals surface area (Å²) in [6, 6.07) is 10.8. The summed E-state index contributed by atoms with van der Waals surface area (Å²) in [6.07, 6.45) is 0. The van der Waals surface area contributed by atoms with Crippen molar-refractivity contribution in [3.8, 4) is 0 Å². The van der Waals surface area contributed by atoms with E-state index in [2.05, 4.69) is 0 Å². The number of carboxylic acid groups (broad SMARTS) is 1. The van der Waals surface area contributed by atoms with Gasteiger partial charge in [-0.25, -0.2) is 4.79 Å². The Hall–Kier alpha value is -2.04. The van der Waals surface area contributed by atoms with Crippen LogP contribution >= 0.6 is 23.2 Å². The van der Waals surface area contributed by atoms with Crippen LogP contribution in [0.4, 0.5) is 5.69 Å². The average molecular weight is 324 g/mol. The number of aromatic carboxylic acids is 1. The third-order valence-electron chi connectivity index (χ3n) is 2.96. The fourth-order valence-electron chi connectivity index (χ4n) is 1.90. The SMILES string of the molecule is CN(C(=O)c1ccc(Cl)cc1Cl)c1ccccc1C(=O)O. The molecule has 0 heterocycles. The first kappa shape index (κ1) is 15.4. The predicted octanol–water partition coefficient (Wildman–Crippen LogP) is 3.97. The largest absolute Gasteiger partial charge is 0.478 e. The smallest absolute Gasteiger partial charge is 0.337 e. The van der Waals surface area contributed by atoms with Crippen molar-refractivity contribution < 1.29 is 14.7 Å². The quantitative estimate of drug-likeness (QED) is 0.929. The van der Waals surface area contributed by atoms with Crippen molar-refractivity contribution in [2.75, 3.05) is 11.9 Å². The van der Waals surface area contributed by atoms with Crippen LogP contribution in [0.2, 0.25) is 10.0 Å². The van der Waals surface area contributed by atoms with Crippen molar-refractivity contribution in [3.05, 3.63) is 63.6 Å². The molecule has 0 bridgehead atoms. The molecule has 2 aromatic rings. The van der Waals surface area contributed by atoms with Gasteiger partial charge in [0.25, 0.3) is 5.91 Å². The van der Waals surface area contributed by atoms with Crippen molar-refractivity contribution in [2.45, 2.75) is 0 Å². The van der Waals surface area contributed by atoms with E-state index in [1.54, 1.807) is 24.3 Å². The highest BCUT2D eigenvalue weighted by atomic mass is 35.5. The lowest BCUT2D eigenvalue weighted by molar-refractivity contribution is 0.0697. The van der Waals surface area contributed by atoms with Crippen LogP contribution in [0.15, 0.2) is 42.5 Å². The molecule has 0 aliphatic carbocycles. The molecule has 0 aromatic heterocycles. The Kier molecular flexibility index (Phi) is 4.50. The zero-order chi connectivity index (χ0) is 15.6. The van der Waals surface area contributed by atoms with Crippen LogP contribution in [-0.2, 0) is 0 Å². The predicted molar refractivity (Wildman–Crippen MR) is 82.6 cm³/mol. The van der Waals surface area contributed by atoms with Crippen LogP contribution < -0.4 is 4.90 Å². The number of carbonyl (C=O) groups is 2. The van der Waals surface area contributed by atoms with Crippen molar-refractivity contribution in [1.29, 1.82) is 0 Å². The molecule has 0 fully saturated rings. The van der Waals surface area contributed by atoms with Crippen LogP contribution in [0.25, 0.3) is 0 Å². The minimum absolute atomic E-state index is 0.0402. The van der Waals surface area contributed by atoms with Crippen molar-refractivity contribution in [2.24, 2.45) is 0 Å². The van der Waals surface area contributed by atoms with Crippen LogP contribution in [0.5, 0.6) is 0 Å². The fraction of sp³-hybridized carbons (Fsp3) is 0.0667. The number of amides is 1. The van der Waals surface area contributed by atoms with Gasteiger partial charge in [-0.3, -0.25) is 4.79 Å². The highest BCUT2D eigenvalue weighted by Crippen LogP contribution is 2.25. The van der Waals surface area contributed by atoms with Crippen molar-refractivity contribution >= 4 is 40.8 Å². The topological polar surface area (TPSA) is 57.6 Å². The molecule has 21 heavy (non-hydrogen) atoms. The van der Waals surface area contributed by atoms with Gasteiger partial charge in [-0.05, 0) is 30.3 Å². The molecule has 108 valence electrons. The molecule has 0 unspecified atom stereocenters. The molecule has 1 amide bonds. The summed E-state index contributed by atoms with van der Waals surface area (Å²) in [7, 11) is 1.50. The van der Waals surface area contributed by atoms with Gasteiger partial charge in [0.15, 0.2) is 0 Å². The number of hydrogen-bond acceptors (Lipinski definition) is 2. The fourth-order valence-corrected chi connectivity index (χ4v) is 2.39. The summed E-state index contributed by atoms with van der Waals surface area (Å²) in [4.78, 5) is 24.9. The van der Waals surface area contributed by atoms with E-state index < -0.39 is 11.9 Å². The Morgan fingerprint density at radius 3 is 2.33 bits per heavy atom. The van der Waals surface area contributed by atoms with E-state index in [0.29, 0.717) is 10.7 Å². The van der Waals surface area contributed by atoms with E-state index in [1.807, 2.05) is 0 Å². The first-order chi connectivity index (χ1) is 9.91. The van der Waals surface area contributed by atoms with Crippen LogP contribution in [0.1, 0.15) is 20.7 Å². The lowest BCUT2D eigenvalue weighted by Gasteiger charge is -2.20. The summed E-state index contributed by atoms with van der Waals surface area (Å²) in [5, 5.41) is 9.81. The van der Waals surface area contributed by atoms with Gasteiger partial charge in [-0.15, -0.1) is 0 Å². The molecule has 0 radical (unpaired) electrons. The first-order valence-electron chi connectivity index (χ1n) is 5.97. The van der Waals surface area contributed by atoms with Gasteiger partial charge in [0.2, 0.25) is 0 Å². The number of nitrogens with zero attached hydrogens (tertiary/aromatic N) is 1. The molecule has 0 aliphatic rings. The Morgan fingerprint density at radius 2 is 1.71 bits per heavy atom. The second-order valence-corrected chi connectivity index (χ2v) is 5.15. The summed E-state index contributed by atoms with van der Waals surface area (Å²) < 4.78 is 0. The highest BCUT2D eigenvalue weighted by Gasteiger charge is 2.20. The second kappa shape index (κ2) is 6.16. The number of carboxylic acids is 1. The van der Waals surface area contributed by atoms with E-state index in [1.165, 1.54) is 30.1 Å². The third-order valence-corrected chi connectivity index (χ3v) is 3.51. The minimum Gasteiger partial charge on any atom is -0.478 e. The lowest BCUT2D eigenvalue weighted by atomic mass is 10.1. The Balaban J connectivity index is 2.42. The summed E-state index contributed by atoms with van der Waals surface area (Å²) in [5.41, 5.74) is 0.586. The number of benzene rings is 2. The second-order valence-electron chi connectivity index (χ2n) is 4.31. The molecular weight excluding hydrogens is 313 g/mol. The first-order valence-corrected chi connectivity index (χ1v) is 6.73. The van der Waals surface area contributed by atoms with Gasteiger partial charge >= 0.3 is 5.97 Å². The molecule has 0 saturated carbocycles. The minimum atomic E-state index is -1.10. The van der Waals surface area contributed by atoms with Gasteiger partial charge in [0.05, 0.1) is 21.8 Å². The third kappa shape index (κ3) is 3.17. The maximum atomic E-state index is 12.5. The van der Waals surface area contributed by atoms with Crippen molar-refractivity contribution in [1.82, 2.24) is 0 Å². The average Bonchev–Trinajstić information content (AvgIpc) is 2.45. The van der Waals surface area contributed by atoms with Crippen LogP contribution in [0, 0.1) is 0 Å². The molecule has 0 aliphatic heterocycles. The van der Waals surface area contributed by atoms with Gasteiger partial charge in [-0.2, -0.15) is 0 Å². The monoisotopic (exact) mass is 323 g/mol. The number of hydrogen-bond donors (Lipinski definition) is 1. The Bertz CT molecular complexity index is 716. The van der Waals surface area contributed by atoms with E-state index in [4.69, 9.17) is 23.2 Å². The van der Waals surface area contributed by atoms with Gasteiger partial charge in [0.1, 0.15) is 0 Å². The van der Waals surface area contributed by atoms with E-state index in [0.717, 1.165) is 0 Å². The molecule has 0 saturated heterocycles. The standard InChI is InChI=1S/C15H11Cl2NO3/c1-18(13-5-3-2-4-11(13)15(20)21)14(19)10-7-6-9(16)8-12(10)17/h2-8H,1H3,(H,20,21). The zero-order valence-electron chi connectivity index (χ0n) is 11.0. The number of halogens is 2. The molecule has 2 aromatic carbocycles. The van der Waals surface area contributed by atoms with E-state index in [9.17, 15) is 14.7 Å². The summed E-state index contributed by atoms with van der Waals surface area (Å²) in [5.74, 6) is -1.52. The Morgan fingerprint density at radius 1 is 1.05 bits per heavy atom. The van der Waals surface area contributed by atoms with E-state index in [-0.39, 0.29) is 16.1 Å². The van der Waals surface area contributed by atoms with Crippen LogP contribution in [-0.4, -0.2) is 24.0 Å². The highest BCUT2D eigenvalue weighted by molar-refractivity contribution is 6.37. The molecule has 2 rings (SSSR count). The van der Waals surface area contributed by atoms with E-state index >= 15 is 0 Å². The van der Waals surface area contributed by atoms with Crippen molar-refractivity contribution in [3.63, 3.8) is 0 Å². The number of para-hydroxylation sites is 1. The summed E-state index contributed by atoms with van der Waals surface area (Å²) in [6.45, 7) is 0. The molecule has 1 N–H and O–H groups in total. The molecular formula is C15H11Cl2NO3. The molecule has 0 spiro atoms. The van der Waals surface area contributed by atoms with Gasteiger partial charge < -0.3 is 10.0 Å². The number of carbonyl (C=O) groups excluding carboxylic acids is 1. The van der Waals surface area contributed by atoms with Crippen LogP contribution in [0.3, 0.4) is 0 Å². The Labute approximate surface area is 131 Å². The van der Waals surface area contributed by atoms with Gasteiger partial charge in [-0.1, -0.05) is 35.3 Å². The number of rotatable bonds is 3. The zero-order valence-corrected chi connectivity index (χ0v) is 12.5. The molecule has 0 atom stereocenters. The molecule has 4 nitrogen and oxygen atoms in total. The number of anilines is 1. The maximum Gasteiger partial charge on any atom is 0.337 e. The van der Waals surface area contributed by atoms with Gasteiger partial charge in [0, 0.05) is 12.1 Å². The maximum absolute atomic E-state index is 12.5.